The summed E-state index contributed by atoms with van der Waals surface area (Å²) in [4.78, 5) is 30.3. The van der Waals surface area contributed by atoms with Gasteiger partial charge >= 0.3 is 5.69 Å². The fraction of sp³-hybridized carbons (Fsp3) is 0.286. The molecule has 0 bridgehead atoms. The van der Waals surface area contributed by atoms with Crippen molar-refractivity contribution in [2.24, 2.45) is 4.99 Å². The van der Waals surface area contributed by atoms with Crippen LogP contribution >= 0.6 is 0 Å². The summed E-state index contributed by atoms with van der Waals surface area (Å²) in [5, 5.41) is 18.4. The molecule has 0 radical (unpaired) electrons. The standard InChI is InChI=1S/C21H22N8O2/c1-11-5-6-22-15(7-11)12(2)24-17-9-18(25-14-3-4-14)29-19(27-17)13(10-23-29)8-16-20(30)28-21(31)26-16/h5-10,12,14,24,30H,3-4H2,1-2H3,(H2,26,28,31). The number of anilines is 1. The van der Waals surface area contributed by atoms with Gasteiger partial charge in [-0.3, -0.25) is 15.0 Å². The number of aromatic nitrogens is 6. The molecule has 158 valence electrons. The van der Waals surface area contributed by atoms with E-state index in [1.165, 1.54) is 0 Å². The number of rotatable bonds is 5. The molecule has 4 N–H and O–H groups in total. The fourth-order valence-electron chi connectivity index (χ4n) is 3.36. The Balaban J connectivity index is 1.62. The van der Waals surface area contributed by atoms with E-state index in [0.717, 1.165) is 24.1 Å². The number of aromatic amines is 2. The van der Waals surface area contributed by atoms with Gasteiger partial charge in [-0.1, -0.05) is 0 Å². The summed E-state index contributed by atoms with van der Waals surface area (Å²) in [6, 6.07) is 6.11. The van der Waals surface area contributed by atoms with Crippen molar-refractivity contribution in [3.63, 3.8) is 0 Å². The first kappa shape index (κ1) is 19.0. The minimum Gasteiger partial charge on any atom is -0.493 e. The molecule has 10 nitrogen and oxygen atoms in total. The first-order chi connectivity index (χ1) is 15.0. The van der Waals surface area contributed by atoms with Gasteiger partial charge in [0.25, 0.3) is 0 Å². The van der Waals surface area contributed by atoms with Crippen LogP contribution in [0.1, 0.15) is 42.8 Å². The first-order valence-corrected chi connectivity index (χ1v) is 10.1. The third kappa shape index (κ3) is 3.91. The Labute approximate surface area is 176 Å². The van der Waals surface area contributed by atoms with Crippen molar-refractivity contribution in [3.8, 4) is 5.88 Å². The molecule has 1 saturated carbocycles. The lowest BCUT2D eigenvalue weighted by Gasteiger charge is -2.14. The Morgan fingerprint density at radius 2 is 2.19 bits per heavy atom. The number of aromatic hydroxyl groups is 1. The molecule has 1 atom stereocenters. The number of nitrogens with zero attached hydrogens (tertiary/aromatic N) is 5. The van der Waals surface area contributed by atoms with E-state index >= 15 is 0 Å². The van der Waals surface area contributed by atoms with Crippen LogP contribution in [0.4, 0.5) is 5.82 Å². The topological polar surface area (TPSA) is 136 Å². The number of H-pyrrole nitrogens is 2. The maximum atomic E-state index is 11.5. The van der Waals surface area contributed by atoms with Crippen LogP contribution < -0.4 is 21.7 Å². The van der Waals surface area contributed by atoms with Gasteiger partial charge in [-0.05, 0) is 50.5 Å². The SMILES string of the molecule is Cc1ccnc(C(C)Nc2cc(=NC3CC3)n3ncc(=Cc4[nH]c(=O)[nH]c4O)c3n2)c1. The van der Waals surface area contributed by atoms with E-state index < -0.39 is 5.69 Å². The summed E-state index contributed by atoms with van der Waals surface area (Å²) < 4.78 is 1.67. The molecule has 10 heteroatoms. The Hall–Kier alpha value is -3.95. The minimum absolute atomic E-state index is 0.0657. The van der Waals surface area contributed by atoms with Crippen molar-refractivity contribution >= 4 is 17.5 Å². The highest BCUT2D eigenvalue weighted by atomic mass is 16.3. The summed E-state index contributed by atoms with van der Waals surface area (Å²) in [5.41, 5.74) is 3.09. The smallest absolute Gasteiger partial charge is 0.326 e. The Morgan fingerprint density at radius 1 is 1.35 bits per heavy atom. The van der Waals surface area contributed by atoms with Crippen LogP contribution in [0, 0.1) is 6.92 Å². The molecule has 0 aliphatic heterocycles. The highest BCUT2D eigenvalue weighted by molar-refractivity contribution is 5.58. The van der Waals surface area contributed by atoms with Crippen molar-refractivity contribution < 1.29 is 5.11 Å². The highest BCUT2D eigenvalue weighted by Crippen LogP contribution is 2.23. The summed E-state index contributed by atoms with van der Waals surface area (Å²) in [5.74, 6) is 0.408. The summed E-state index contributed by atoms with van der Waals surface area (Å²) in [6.07, 6.45) is 7.18. The van der Waals surface area contributed by atoms with Gasteiger partial charge < -0.3 is 15.4 Å². The molecule has 4 heterocycles. The number of hydrogen-bond acceptors (Lipinski definition) is 7. The summed E-state index contributed by atoms with van der Waals surface area (Å²) in [7, 11) is 0. The van der Waals surface area contributed by atoms with Crippen molar-refractivity contribution in [2.75, 3.05) is 5.32 Å². The minimum atomic E-state index is -0.487. The van der Waals surface area contributed by atoms with E-state index in [4.69, 9.17) is 9.98 Å². The van der Waals surface area contributed by atoms with Gasteiger partial charge in [0.1, 0.15) is 11.5 Å². The average molecular weight is 418 g/mol. The molecule has 1 aliphatic carbocycles. The van der Waals surface area contributed by atoms with Crippen LogP contribution in [0.3, 0.4) is 0 Å². The van der Waals surface area contributed by atoms with Gasteiger partial charge in [0, 0.05) is 17.5 Å². The second-order valence-electron chi connectivity index (χ2n) is 7.81. The van der Waals surface area contributed by atoms with E-state index in [9.17, 15) is 9.90 Å². The molecule has 0 spiro atoms. The molecule has 5 rings (SSSR count). The number of pyridine rings is 1. The number of nitrogens with one attached hydrogen (secondary N) is 3. The third-order valence-corrected chi connectivity index (χ3v) is 5.12. The van der Waals surface area contributed by atoms with Gasteiger partial charge in [0.05, 0.1) is 24.0 Å². The molecule has 0 aromatic carbocycles. The van der Waals surface area contributed by atoms with E-state index in [0.29, 0.717) is 28.2 Å². The number of aryl methyl sites for hydroxylation is 1. The maximum absolute atomic E-state index is 11.5. The molecule has 4 aromatic rings. The van der Waals surface area contributed by atoms with Gasteiger partial charge in [0.15, 0.2) is 11.1 Å². The van der Waals surface area contributed by atoms with Gasteiger partial charge in [-0.2, -0.15) is 9.61 Å². The van der Waals surface area contributed by atoms with Crippen molar-refractivity contribution in [1.82, 2.24) is 29.5 Å². The highest BCUT2D eigenvalue weighted by Gasteiger charge is 2.20. The molecular weight excluding hydrogens is 396 g/mol. The second kappa shape index (κ2) is 7.38. The van der Waals surface area contributed by atoms with Crippen molar-refractivity contribution in [3.05, 3.63) is 68.7 Å². The van der Waals surface area contributed by atoms with Crippen LogP contribution in [0.15, 0.2) is 40.4 Å². The quantitative estimate of drug-likeness (QED) is 0.381. The van der Waals surface area contributed by atoms with E-state index in [1.54, 1.807) is 23.0 Å². The van der Waals surface area contributed by atoms with Crippen LogP contribution in [0.25, 0.3) is 11.7 Å². The molecule has 0 saturated heterocycles. The molecule has 1 aliphatic rings. The number of fused-ring (bicyclic) bond motifs is 1. The van der Waals surface area contributed by atoms with Crippen LogP contribution in [0.5, 0.6) is 5.88 Å². The zero-order valence-corrected chi connectivity index (χ0v) is 17.1. The monoisotopic (exact) mass is 418 g/mol. The van der Waals surface area contributed by atoms with Gasteiger partial charge in [-0.15, -0.1) is 0 Å². The summed E-state index contributed by atoms with van der Waals surface area (Å²) in [6.45, 7) is 4.06. The lowest BCUT2D eigenvalue weighted by atomic mass is 10.1. The normalized spacial score (nSPS) is 16.2. The van der Waals surface area contributed by atoms with Gasteiger partial charge in [-0.25, -0.2) is 9.78 Å². The molecule has 1 unspecified atom stereocenters. The Kier molecular flexibility index (Phi) is 4.54. The molecular formula is C21H22N8O2. The van der Waals surface area contributed by atoms with Crippen LogP contribution in [0.2, 0.25) is 0 Å². The van der Waals surface area contributed by atoms with Crippen molar-refractivity contribution in [2.45, 2.75) is 38.8 Å². The number of imidazole rings is 1. The largest absolute Gasteiger partial charge is 0.493 e. The van der Waals surface area contributed by atoms with E-state index in [1.807, 2.05) is 32.0 Å². The predicted octanol–water partition coefficient (Wildman–Crippen LogP) is 0.939. The second-order valence-corrected chi connectivity index (χ2v) is 7.81. The lowest BCUT2D eigenvalue weighted by Crippen LogP contribution is -2.21. The third-order valence-electron chi connectivity index (χ3n) is 5.12. The predicted molar refractivity (Wildman–Crippen MR) is 114 cm³/mol. The summed E-state index contributed by atoms with van der Waals surface area (Å²) >= 11 is 0. The van der Waals surface area contributed by atoms with E-state index in [-0.39, 0.29) is 17.6 Å². The number of hydrogen-bond donors (Lipinski definition) is 4. The molecule has 31 heavy (non-hydrogen) atoms. The lowest BCUT2D eigenvalue weighted by molar-refractivity contribution is 0.454. The fourth-order valence-corrected chi connectivity index (χ4v) is 3.36. The first-order valence-electron chi connectivity index (χ1n) is 10.1. The van der Waals surface area contributed by atoms with Gasteiger partial charge in [0.2, 0.25) is 5.88 Å². The van der Waals surface area contributed by atoms with Crippen LogP contribution in [-0.4, -0.2) is 40.7 Å². The Morgan fingerprint density at radius 3 is 2.90 bits per heavy atom. The molecule has 1 fully saturated rings. The zero-order chi connectivity index (χ0) is 21.5. The van der Waals surface area contributed by atoms with E-state index in [2.05, 4.69) is 25.4 Å². The molecule has 4 aromatic heterocycles. The zero-order valence-electron chi connectivity index (χ0n) is 17.1. The van der Waals surface area contributed by atoms with Crippen molar-refractivity contribution in [1.29, 1.82) is 0 Å². The average Bonchev–Trinajstić information content (AvgIpc) is 3.37. The Bertz CT molecular complexity index is 1440. The maximum Gasteiger partial charge on any atom is 0.326 e. The molecule has 0 amide bonds. The van der Waals surface area contributed by atoms with Crippen LogP contribution in [-0.2, 0) is 0 Å².